The number of carbonyl (C=O) groups excluding carboxylic acids is 1. The van der Waals surface area contributed by atoms with Crippen LogP contribution in [0.25, 0.3) is 11.3 Å². The van der Waals surface area contributed by atoms with Crippen LogP contribution in [0, 0.1) is 5.92 Å². The third-order valence-corrected chi connectivity index (χ3v) is 3.86. The standard InChI is InChI=1S/C18H24N4O/c1-3-4-5-6-13(2)18(23)22-16-11-14(7-8-15(16)19)17-12-20-9-10-21-17/h7-13H,3-6,19H2,1-2H3,(H,22,23). The van der Waals surface area contributed by atoms with E-state index < -0.39 is 0 Å². The van der Waals surface area contributed by atoms with Crippen LogP contribution in [0.4, 0.5) is 11.4 Å². The number of rotatable bonds is 7. The maximum absolute atomic E-state index is 12.3. The van der Waals surface area contributed by atoms with Crippen LogP contribution in [-0.4, -0.2) is 15.9 Å². The maximum atomic E-state index is 12.3. The van der Waals surface area contributed by atoms with Crippen molar-refractivity contribution in [3.63, 3.8) is 0 Å². The van der Waals surface area contributed by atoms with E-state index in [2.05, 4.69) is 22.2 Å². The number of hydrogen-bond acceptors (Lipinski definition) is 4. The molecule has 0 aliphatic heterocycles. The summed E-state index contributed by atoms with van der Waals surface area (Å²) in [6, 6.07) is 5.50. The van der Waals surface area contributed by atoms with Gasteiger partial charge in [0.25, 0.3) is 0 Å². The maximum Gasteiger partial charge on any atom is 0.227 e. The van der Waals surface area contributed by atoms with Gasteiger partial charge in [0, 0.05) is 23.9 Å². The van der Waals surface area contributed by atoms with Crippen molar-refractivity contribution in [1.82, 2.24) is 9.97 Å². The number of nitrogens with zero attached hydrogens (tertiary/aromatic N) is 2. The number of benzene rings is 1. The van der Waals surface area contributed by atoms with E-state index in [1.54, 1.807) is 24.7 Å². The molecular formula is C18H24N4O. The molecule has 0 aliphatic carbocycles. The van der Waals surface area contributed by atoms with Crippen molar-refractivity contribution in [3.8, 4) is 11.3 Å². The van der Waals surface area contributed by atoms with Crippen molar-refractivity contribution in [2.45, 2.75) is 39.5 Å². The first-order chi connectivity index (χ1) is 11.1. The molecule has 1 amide bonds. The van der Waals surface area contributed by atoms with Gasteiger partial charge >= 0.3 is 0 Å². The first-order valence-corrected chi connectivity index (χ1v) is 8.08. The Morgan fingerprint density at radius 3 is 2.83 bits per heavy atom. The van der Waals surface area contributed by atoms with Crippen molar-refractivity contribution in [1.29, 1.82) is 0 Å². The molecule has 0 aliphatic rings. The van der Waals surface area contributed by atoms with E-state index in [1.165, 1.54) is 0 Å². The highest BCUT2D eigenvalue weighted by molar-refractivity contribution is 5.96. The number of nitrogen functional groups attached to an aromatic ring is 1. The lowest BCUT2D eigenvalue weighted by molar-refractivity contribution is -0.119. The molecule has 1 aromatic carbocycles. The SMILES string of the molecule is CCCCCC(C)C(=O)Nc1cc(-c2cnccn2)ccc1N. The molecule has 1 heterocycles. The summed E-state index contributed by atoms with van der Waals surface area (Å²) in [6.45, 7) is 4.11. The van der Waals surface area contributed by atoms with Crippen LogP contribution in [0.1, 0.15) is 39.5 Å². The van der Waals surface area contributed by atoms with E-state index >= 15 is 0 Å². The summed E-state index contributed by atoms with van der Waals surface area (Å²) >= 11 is 0. The molecule has 0 saturated heterocycles. The van der Waals surface area contributed by atoms with Crippen molar-refractivity contribution in [3.05, 3.63) is 36.8 Å². The van der Waals surface area contributed by atoms with Gasteiger partial charge in [-0.15, -0.1) is 0 Å². The van der Waals surface area contributed by atoms with E-state index in [9.17, 15) is 4.79 Å². The zero-order valence-electron chi connectivity index (χ0n) is 13.7. The predicted octanol–water partition coefficient (Wildman–Crippen LogP) is 3.88. The Kier molecular flexibility index (Phi) is 6.09. The first-order valence-electron chi connectivity index (χ1n) is 8.08. The lowest BCUT2D eigenvalue weighted by Crippen LogP contribution is -2.21. The number of nitrogens with two attached hydrogens (primary N) is 1. The molecule has 0 spiro atoms. The molecule has 0 radical (unpaired) electrons. The van der Waals surface area contributed by atoms with Gasteiger partial charge in [-0.1, -0.05) is 39.2 Å². The van der Waals surface area contributed by atoms with Crippen molar-refractivity contribution in [2.24, 2.45) is 5.92 Å². The Morgan fingerprint density at radius 1 is 1.30 bits per heavy atom. The molecule has 1 unspecified atom stereocenters. The molecule has 0 saturated carbocycles. The summed E-state index contributed by atoms with van der Waals surface area (Å²) in [7, 11) is 0. The van der Waals surface area contributed by atoms with Crippen molar-refractivity contribution >= 4 is 17.3 Å². The third-order valence-electron chi connectivity index (χ3n) is 3.86. The highest BCUT2D eigenvalue weighted by Crippen LogP contribution is 2.26. The molecule has 122 valence electrons. The molecule has 5 heteroatoms. The van der Waals surface area contributed by atoms with Crippen LogP contribution < -0.4 is 11.1 Å². The zero-order valence-corrected chi connectivity index (χ0v) is 13.7. The molecule has 3 N–H and O–H groups in total. The average molecular weight is 312 g/mol. The largest absolute Gasteiger partial charge is 0.397 e. The van der Waals surface area contributed by atoms with E-state index in [0.717, 1.165) is 36.9 Å². The number of anilines is 2. The minimum Gasteiger partial charge on any atom is -0.397 e. The summed E-state index contributed by atoms with van der Waals surface area (Å²) < 4.78 is 0. The average Bonchev–Trinajstić information content (AvgIpc) is 2.57. The van der Waals surface area contributed by atoms with Gasteiger partial charge in [0.15, 0.2) is 0 Å². The van der Waals surface area contributed by atoms with Crippen LogP contribution in [0.3, 0.4) is 0 Å². The Hall–Kier alpha value is -2.43. The van der Waals surface area contributed by atoms with E-state index in [1.807, 2.05) is 19.1 Å². The molecule has 23 heavy (non-hydrogen) atoms. The minimum absolute atomic E-state index is 0.00380. The Morgan fingerprint density at radius 2 is 2.13 bits per heavy atom. The van der Waals surface area contributed by atoms with Crippen LogP contribution >= 0.6 is 0 Å². The predicted molar refractivity (Wildman–Crippen MR) is 93.8 cm³/mol. The summed E-state index contributed by atoms with van der Waals surface area (Å²) in [6.07, 6.45) is 9.22. The summed E-state index contributed by atoms with van der Waals surface area (Å²) in [4.78, 5) is 20.6. The zero-order chi connectivity index (χ0) is 16.7. The second-order valence-electron chi connectivity index (χ2n) is 5.78. The van der Waals surface area contributed by atoms with Gasteiger partial charge in [0.05, 0.1) is 23.3 Å². The van der Waals surface area contributed by atoms with Crippen LogP contribution in [-0.2, 0) is 4.79 Å². The van der Waals surface area contributed by atoms with E-state index in [-0.39, 0.29) is 11.8 Å². The Labute approximate surface area is 137 Å². The number of hydrogen-bond donors (Lipinski definition) is 2. The number of unbranched alkanes of at least 4 members (excludes halogenated alkanes) is 2. The highest BCUT2D eigenvalue weighted by Gasteiger charge is 2.14. The van der Waals surface area contributed by atoms with Gasteiger partial charge < -0.3 is 11.1 Å². The van der Waals surface area contributed by atoms with Gasteiger partial charge in [-0.2, -0.15) is 0 Å². The number of nitrogens with one attached hydrogen (secondary N) is 1. The molecule has 5 nitrogen and oxygen atoms in total. The van der Waals surface area contributed by atoms with E-state index in [0.29, 0.717) is 11.4 Å². The number of aromatic nitrogens is 2. The minimum atomic E-state index is -0.0267. The summed E-state index contributed by atoms with van der Waals surface area (Å²) in [5, 5.41) is 2.93. The molecule has 1 atom stereocenters. The Bertz CT molecular complexity index is 643. The summed E-state index contributed by atoms with van der Waals surface area (Å²) in [5.74, 6) is -0.0229. The van der Waals surface area contributed by atoms with Gasteiger partial charge in [-0.25, -0.2) is 0 Å². The van der Waals surface area contributed by atoms with Gasteiger partial charge in [-0.05, 0) is 18.6 Å². The summed E-state index contributed by atoms with van der Waals surface area (Å²) in [5.41, 5.74) is 8.79. The molecule has 2 rings (SSSR count). The first kappa shape index (κ1) is 16.9. The fourth-order valence-electron chi connectivity index (χ4n) is 2.36. The van der Waals surface area contributed by atoms with Gasteiger partial charge in [0.1, 0.15) is 0 Å². The van der Waals surface area contributed by atoms with Crippen molar-refractivity contribution in [2.75, 3.05) is 11.1 Å². The lowest BCUT2D eigenvalue weighted by atomic mass is 10.0. The highest BCUT2D eigenvalue weighted by atomic mass is 16.1. The van der Waals surface area contributed by atoms with Crippen LogP contribution in [0.2, 0.25) is 0 Å². The monoisotopic (exact) mass is 312 g/mol. The molecule has 0 bridgehead atoms. The van der Waals surface area contributed by atoms with Gasteiger partial charge in [-0.3, -0.25) is 14.8 Å². The number of amides is 1. The van der Waals surface area contributed by atoms with Crippen LogP contribution in [0.15, 0.2) is 36.8 Å². The fourth-order valence-corrected chi connectivity index (χ4v) is 2.36. The lowest BCUT2D eigenvalue weighted by Gasteiger charge is -2.14. The van der Waals surface area contributed by atoms with Crippen LogP contribution in [0.5, 0.6) is 0 Å². The number of carbonyl (C=O) groups is 1. The topological polar surface area (TPSA) is 80.9 Å². The second kappa shape index (κ2) is 8.27. The third kappa shape index (κ3) is 4.77. The quantitative estimate of drug-likeness (QED) is 0.600. The Balaban J connectivity index is 2.09. The molecule has 2 aromatic rings. The smallest absolute Gasteiger partial charge is 0.227 e. The second-order valence-corrected chi connectivity index (χ2v) is 5.78. The normalized spacial score (nSPS) is 11.9. The van der Waals surface area contributed by atoms with Gasteiger partial charge in [0.2, 0.25) is 5.91 Å². The molecule has 1 aromatic heterocycles. The van der Waals surface area contributed by atoms with E-state index in [4.69, 9.17) is 5.73 Å². The fraction of sp³-hybridized carbons (Fsp3) is 0.389. The van der Waals surface area contributed by atoms with Crippen molar-refractivity contribution < 1.29 is 4.79 Å². The molecular weight excluding hydrogens is 288 g/mol. The molecule has 0 fully saturated rings.